The topological polar surface area (TPSA) is 75.0 Å². The number of hydrogen-bond acceptors (Lipinski definition) is 6. The summed E-state index contributed by atoms with van der Waals surface area (Å²) in [7, 11) is 9.53. The van der Waals surface area contributed by atoms with E-state index in [4.69, 9.17) is 25.5 Å². The number of nitrogens with zero attached hydrogens (tertiary/aromatic N) is 5. The minimum absolute atomic E-state index is 0.194. The first kappa shape index (κ1) is 26.1. The van der Waals surface area contributed by atoms with Gasteiger partial charge < -0.3 is 4.98 Å². The molecule has 0 amide bonds. The Morgan fingerprint density at radius 3 is 1.75 bits per heavy atom. The first-order valence-corrected chi connectivity index (χ1v) is 13.2. The molecular weight excluding hydrogens is 525 g/mol. The van der Waals surface area contributed by atoms with Gasteiger partial charge in [-0.1, -0.05) is 12.1 Å². The standard InChI is InChI=1S/C22H16N5S2.2ClH.Fe/c1-15(25-18-5-3-17(4-6-18)24-14-28)21-11-12-22(27-21)16(2)26-19-7-9-20(10-8-19)29-13-23;;;/h3-12H,1-2H3;2*1H;/q-1;;;+3/p-2. The molecule has 0 atom stereocenters. The fourth-order valence-electron chi connectivity index (χ4n) is 2.56. The van der Waals surface area contributed by atoms with Crippen molar-refractivity contribution in [2.45, 2.75) is 18.7 Å². The zero-order chi connectivity index (χ0) is 23.3. The fraction of sp³-hybridized carbons (Fsp3) is 0.0909. The zero-order valence-electron chi connectivity index (χ0n) is 16.9. The molecule has 0 N–H and O–H groups in total. The van der Waals surface area contributed by atoms with Gasteiger partial charge in [-0.05, 0) is 86.4 Å². The summed E-state index contributed by atoms with van der Waals surface area (Å²) in [5.74, 6) is 0. The number of rotatable bonds is 6. The summed E-state index contributed by atoms with van der Waals surface area (Å²) < 4.78 is 0. The fourth-order valence-corrected chi connectivity index (χ4v) is 3.05. The van der Waals surface area contributed by atoms with Crippen LogP contribution in [0.1, 0.15) is 25.2 Å². The van der Waals surface area contributed by atoms with E-state index in [1.54, 1.807) is 0 Å². The van der Waals surface area contributed by atoms with Crippen LogP contribution >= 0.6 is 44.2 Å². The third kappa shape index (κ3) is 8.38. The van der Waals surface area contributed by atoms with E-state index in [-0.39, 0.29) is 13.1 Å². The van der Waals surface area contributed by atoms with E-state index < -0.39 is 0 Å². The summed E-state index contributed by atoms with van der Waals surface area (Å²) in [4.78, 5) is 18.7. The van der Waals surface area contributed by atoms with Gasteiger partial charge in [-0.15, -0.1) is 11.4 Å². The molecule has 3 aromatic rings. The van der Waals surface area contributed by atoms with Gasteiger partial charge in [0.1, 0.15) is 5.40 Å². The number of aliphatic imine (C=N–C) groups is 3. The second-order valence-electron chi connectivity index (χ2n) is 6.07. The van der Waals surface area contributed by atoms with E-state index in [1.807, 2.05) is 74.5 Å². The van der Waals surface area contributed by atoms with Crippen LogP contribution in [0.25, 0.3) is 0 Å². The van der Waals surface area contributed by atoms with Crippen LogP contribution in [-0.4, -0.2) is 16.6 Å². The van der Waals surface area contributed by atoms with Crippen molar-refractivity contribution < 1.29 is 13.1 Å². The summed E-state index contributed by atoms with van der Waals surface area (Å²) >= 11 is 5.93. The molecule has 0 bridgehead atoms. The van der Waals surface area contributed by atoms with E-state index in [1.165, 1.54) is 0 Å². The van der Waals surface area contributed by atoms with Crippen molar-refractivity contribution in [1.82, 2.24) is 4.98 Å². The van der Waals surface area contributed by atoms with Crippen LogP contribution in [0.4, 0.5) is 17.1 Å². The van der Waals surface area contributed by atoms with Gasteiger partial charge in [0.2, 0.25) is 0 Å². The average molecular weight is 541 g/mol. The molecule has 0 radical (unpaired) electrons. The number of hydrogen-bond donors (Lipinski definition) is 0. The number of thioether (sulfide) groups is 1. The Bertz CT molecular complexity index is 1180. The molecule has 0 spiro atoms. The minimum atomic E-state index is 0.194. The summed E-state index contributed by atoms with van der Waals surface area (Å²) in [6, 6.07) is 18.8. The molecule has 5 nitrogen and oxygen atoms in total. The summed E-state index contributed by atoms with van der Waals surface area (Å²) in [5, 5.41) is 13.1. The molecule has 0 aliphatic carbocycles. The number of thiocarbonyl (C=S) groups is 1. The molecule has 1 aromatic heterocycles. The average Bonchev–Trinajstić information content (AvgIpc) is 3.28. The Kier molecular flexibility index (Phi) is 11.4. The van der Waals surface area contributed by atoms with Gasteiger partial charge in [0.25, 0.3) is 0 Å². The monoisotopic (exact) mass is 540 g/mol. The molecule has 0 fully saturated rings. The first-order chi connectivity index (χ1) is 15.5. The van der Waals surface area contributed by atoms with Crippen molar-refractivity contribution >= 4 is 77.8 Å². The molecule has 1 heterocycles. The Balaban J connectivity index is 0.00000114. The third-order valence-electron chi connectivity index (χ3n) is 4.00. The third-order valence-corrected chi connectivity index (χ3v) is 4.69. The van der Waals surface area contributed by atoms with E-state index in [0.717, 1.165) is 56.5 Å². The quantitative estimate of drug-likeness (QED) is 0.106. The summed E-state index contributed by atoms with van der Waals surface area (Å²) in [6.07, 6.45) is 0. The van der Waals surface area contributed by atoms with Gasteiger partial charge in [0, 0.05) is 16.3 Å². The van der Waals surface area contributed by atoms with Crippen molar-refractivity contribution in [1.29, 1.82) is 5.26 Å². The molecule has 10 heteroatoms. The van der Waals surface area contributed by atoms with Crippen LogP contribution in [0.15, 0.2) is 80.5 Å². The van der Waals surface area contributed by atoms with E-state index in [9.17, 15) is 0 Å². The number of halogens is 2. The molecule has 0 aliphatic rings. The zero-order valence-corrected chi connectivity index (χ0v) is 21.2. The molecule has 32 heavy (non-hydrogen) atoms. The Morgan fingerprint density at radius 2 is 1.31 bits per heavy atom. The number of thiocyanates is 1. The van der Waals surface area contributed by atoms with Crippen LogP contribution < -0.4 is 4.98 Å². The molecule has 0 saturated carbocycles. The van der Waals surface area contributed by atoms with Crippen LogP contribution in [0.3, 0.4) is 0 Å². The Hall–Kier alpha value is -2.20. The molecule has 0 unspecified atom stereocenters. The van der Waals surface area contributed by atoms with Crippen molar-refractivity contribution in [2.24, 2.45) is 15.0 Å². The Labute approximate surface area is 211 Å². The van der Waals surface area contributed by atoms with Crippen LogP contribution in [0.2, 0.25) is 0 Å². The second-order valence-corrected chi connectivity index (χ2v) is 8.93. The normalized spacial score (nSPS) is 11.1. The number of aromatic nitrogens is 1. The van der Waals surface area contributed by atoms with Gasteiger partial charge in [-0.2, -0.15) is 10.3 Å². The van der Waals surface area contributed by atoms with Gasteiger partial charge in [0.15, 0.2) is 0 Å². The van der Waals surface area contributed by atoms with Crippen LogP contribution in [-0.2, 0) is 13.1 Å². The first-order valence-electron chi connectivity index (χ1n) is 8.95. The van der Waals surface area contributed by atoms with Gasteiger partial charge >= 0.3 is 33.3 Å². The predicted molar refractivity (Wildman–Crippen MR) is 134 cm³/mol. The molecule has 0 saturated heterocycles. The molecular formula is C22H16Cl2FeN5S2. The van der Waals surface area contributed by atoms with Crippen LogP contribution in [0, 0.1) is 10.7 Å². The second kappa shape index (κ2) is 14.1. The molecule has 163 valence electrons. The maximum absolute atomic E-state index is 8.71. The van der Waals surface area contributed by atoms with Crippen molar-refractivity contribution in [3.8, 4) is 5.40 Å². The molecule has 3 rings (SSSR count). The number of isothiocyanates is 1. The van der Waals surface area contributed by atoms with Gasteiger partial charge in [-0.3, -0.25) is 9.98 Å². The van der Waals surface area contributed by atoms with E-state index >= 15 is 0 Å². The van der Waals surface area contributed by atoms with Crippen molar-refractivity contribution in [2.75, 3.05) is 0 Å². The number of nitriles is 1. The Morgan fingerprint density at radius 1 is 0.875 bits per heavy atom. The number of benzene rings is 2. The van der Waals surface area contributed by atoms with Crippen molar-refractivity contribution in [3.05, 3.63) is 72.1 Å². The van der Waals surface area contributed by atoms with E-state index in [0.29, 0.717) is 0 Å². The van der Waals surface area contributed by atoms with E-state index in [2.05, 4.69) is 42.7 Å². The van der Waals surface area contributed by atoms with Crippen LogP contribution in [0.5, 0.6) is 0 Å². The SMILES string of the molecule is CC(=Nc1ccc(N=C=S)cc1)c1ccc(C(C)=Nc2ccc(SC#N)cc2)[n-]1.[Cl][Fe+][Cl]. The molecule has 2 aromatic carbocycles. The van der Waals surface area contributed by atoms with Gasteiger partial charge in [0.05, 0.1) is 22.2 Å². The maximum atomic E-state index is 8.71. The van der Waals surface area contributed by atoms with Gasteiger partial charge in [-0.25, -0.2) is 0 Å². The summed E-state index contributed by atoms with van der Waals surface area (Å²) in [5.41, 5.74) is 5.61. The summed E-state index contributed by atoms with van der Waals surface area (Å²) in [6.45, 7) is 3.85. The predicted octanol–water partition coefficient (Wildman–Crippen LogP) is 7.61. The molecule has 0 aliphatic heterocycles. The van der Waals surface area contributed by atoms with Crippen molar-refractivity contribution in [3.63, 3.8) is 0 Å².